The van der Waals surface area contributed by atoms with Crippen molar-refractivity contribution in [3.05, 3.63) is 30.1 Å². The van der Waals surface area contributed by atoms with Crippen LogP contribution in [0.4, 0.5) is 0 Å². The molecule has 2 saturated heterocycles. The molecule has 0 radical (unpaired) electrons. The minimum atomic E-state index is -0.332. The van der Waals surface area contributed by atoms with E-state index >= 15 is 0 Å². The van der Waals surface area contributed by atoms with Gasteiger partial charge in [-0.2, -0.15) is 5.10 Å². The van der Waals surface area contributed by atoms with Crippen molar-refractivity contribution in [3.8, 4) is 0 Å². The molecule has 0 N–H and O–H groups in total. The normalized spacial score (nSPS) is 23.9. The first-order chi connectivity index (χ1) is 11.4. The van der Waals surface area contributed by atoms with E-state index in [4.69, 9.17) is 19.1 Å². The summed E-state index contributed by atoms with van der Waals surface area (Å²) >= 11 is 0. The average molecular weight is 328 g/mol. The molecule has 2 aromatic heterocycles. The molecule has 128 valence electrons. The lowest BCUT2D eigenvalue weighted by atomic mass is 9.79. The van der Waals surface area contributed by atoms with E-state index in [1.54, 1.807) is 0 Å². The molecule has 0 saturated carbocycles. The fraction of sp³-hybridized carbons (Fsp3) is 0.611. The van der Waals surface area contributed by atoms with E-state index in [1.807, 2.05) is 16.8 Å². The Morgan fingerprint density at radius 1 is 1.08 bits per heavy atom. The summed E-state index contributed by atoms with van der Waals surface area (Å²) in [5, 5.41) is 4.74. The molecule has 5 nitrogen and oxygen atoms in total. The lowest BCUT2D eigenvalue weighted by Gasteiger charge is -2.32. The molecule has 2 aliphatic rings. The second kappa shape index (κ2) is 5.58. The van der Waals surface area contributed by atoms with Gasteiger partial charge in [-0.05, 0) is 64.2 Å². The van der Waals surface area contributed by atoms with Gasteiger partial charge in [-0.3, -0.25) is 0 Å². The summed E-state index contributed by atoms with van der Waals surface area (Å²) in [5.41, 5.74) is 2.64. The molecule has 0 atom stereocenters. The number of aromatic nitrogens is 2. The summed E-state index contributed by atoms with van der Waals surface area (Å²) in [6, 6.07) is 6.35. The van der Waals surface area contributed by atoms with Crippen molar-refractivity contribution in [2.24, 2.45) is 0 Å². The van der Waals surface area contributed by atoms with Crippen molar-refractivity contribution >= 4 is 18.1 Å². The van der Waals surface area contributed by atoms with E-state index in [9.17, 15) is 0 Å². The summed E-state index contributed by atoms with van der Waals surface area (Å²) in [7, 11) is -0.332. The van der Waals surface area contributed by atoms with Gasteiger partial charge in [-0.25, -0.2) is 4.52 Å². The molecule has 24 heavy (non-hydrogen) atoms. The number of nitrogens with zero attached hydrogens (tertiary/aromatic N) is 2. The van der Waals surface area contributed by atoms with Crippen LogP contribution in [0.5, 0.6) is 0 Å². The summed E-state index contributed by atoms with van der Waals surface area (Å²) in [6.45, 7) is 9.97. The minimum Gasteiger partial charge on any atom is -0.399 e. The minimum absolute atomic E-state index is 0.322. The Labute approximate surface area is 143 Å². The number of ether oxygens (including phenoxy) is 1. The van der Waals surface area contributed by atoms with E-state index < -0.39 is 0 Å². The average Bonchev–Trinajstić information content (AvgIpc) is 3.06. The fourth-order valence-corrected chi connectivity index (χ4v) is 3.35. The molecule has 0 unspecified atom stereocenters. The van der Waals surface area contributed by atoms with Gasteiger partial charge >= 0.3 is 7.12 Å². The van der Waals surface area contributed by atoms with Crippen LogP contribution in [0.1, 0.15) is 52.1 Å². The van der Waals surface area contributed by atoms with Gasteiger partial charge < -0.3 is 14.0 Å². The molecule has 0 spiro atoms. The van der Waals surface area contributed by atoms with E-state index in [-0.39, 0.29) is 18.3 Å². The van der Waals surface area contributed by atoms with Crippen LogP contribution in [0.15, 0.2) is 24.4 Å². The predicted octanol–water partition coefficient (Wildman–Crippen LogP) is 2.53. The monoisotopic (exact) mass is 328 g/mol. The van der Waals surface area contributed by atoms with Gasteiger partial charge in [0.15, 0.2) is 0 Å². The van der Waals surface area contributed by atoms with Crippen molar-refractivity contribution in [2.75, 3.05) is 13.2 Å². The van der Waals surface area contributed by atoms with Crippen LogP contribution < -0.4 is 5.46 Å². The SMILES string of the molecule is CC1(C)OB(c2ccn3nc(C4CCOCC4)cc3c2)OC1(C)C. The van der Waals surface area contributed by atoms with Gasteiger partial charge in [-0.1, -0.05) is 0 Å². The molecule has 0 amide bonds. The van der Waals surface area contributed by atoms with Crippen molar-refractivity contribution in [3.63, 3.8) is 0 Å². The molecular weight excluding hydrogens is 303 g/mol. The summed E-state index contributed by atoms with van der Waals surface area (Å²) < 4.78 is 19.7. The largest absolute Gasteiger partial charge is 0.494 e. The first-order valence-corrected chi connectivity index (χ1v) is 8.78. The zero-order valence-electron chi connectivity index (χ0n) is 14.9. The third-order valence-corrected chi connectivity index (χ3v) is 5.67. The molecule has 2 aromatic rings. The second-order valence-corrected chi connectivity index (χ2v) is 7.87. The highest BCUT2D eigenvalue weighted by Crippen LogP contribution is 2.36. The summed E-state index contributed by atoms with van der Waals surface area (Å²) in [5.74, 6) is 0.499. The van der Waals surface area contributed by atoms with E-state index in [2.05, 4.69) is 39.8 Å². The topological polar surface area (TPSA) is 45.0 Å². The standard InChI is InChI=1S/C18H25BN2O3/c1-17(2)18(3,4)24-19(23-17)14-5-8-21-15(11-14)12-16(20-21)13-6-9-22-10-7-13/h5,8,11-13H,6-7,9-10H2,1-4H3. The maximum Gasteiger partial charge on any atom is 0.494 e. The van der Waals surface area contributed by atoms with E-state index in [1.165, 1.54) is 0 Å². The lowest BCUT2D eigenvalue weighted by molar-refractivity contribution is 0.00578. The molecular formula is C18H25BN2O3. The molecule has 2 aliphatic heterocycles. The van der Waals surface area contributed by atoms with Crippen LogP contribution in [0.2, 0.25) is 0 Å². The highest BCUT2D eigenvalue weighted by atomic mass is 16.7. The van der Waals surface area contributed by atoms with Crippen LogP contribution in [0, 0.1) is 0 Å². The van der Waals surface area contributed by atoms with Gasteiger partial charge in [0.05, 0.1) is 22.4 Å². The van der Waals surface area contributed by atoms with Gasteiger partial charge in [0, 0.05) is 25.3 Å². The highest BCUT2D eigenvalue weighted by molar-refractivity contribution is 6.62. The van der Waals surface area contributed by atoms with Crippen molar-refractivity contribution in [2.45, 2.75) is 57.7 Å². The van der Waals surface area contributed by atoms with Crippen LogP contribution in [0.3, 0.4) is 0 Å². The smallest absolute Gasteiger partial charge is 0.399 e. The maximum atomic E-state index is 6.15. The highest BCUT2D eigenvalue weighted by Gasteiger charge is 2.51. The summed E-state index contributed by atoms with van der Waals surface area (Å²) in [4.78, 5) is 0. The van der Waals surface area contributed by atoms with Crippen molar-refractivity contribution in [1.29, 1.82) is 0 Å². The van der Waals surface area contributed by atoms with E-state index in [0.29, 0.717) is 5.92 Å². The Bertz CT molecular complexity index is 734. The molecule has 0 aromatic carbocycles. The summed E-state index contributed by atoms with van der Waals surface area (Å²) in [6.07, 6.45) is 4.10. The molecule has 4 rings (SSSR count). The molecule has 6 heteroatoms. The van der Waals surface area contributed by atoms with Gasteiger partial charge in [-0.15, -0.1) is 0 Å². The van der Waals surface area contributed by atoms with Crippen molar-refractivity contribution < 1.29 is 14.0 Å². The first kappa shape index (κ1) is 16.1. The zero-order valence-corrected chi connectivity index (χ0v) is 14.9. The zero-order chi connectivity index (χ0) is 16.9. The number of fused-ring (bicyclic) bond motifs is 1. The molecule has 0 bridgehead atoms. The fourth-order valence-electron chi connectivity index (χ4n) is 3.35. The van der Waals surface area contributed by atoms with Crippen LogP contribution in [-0.2, 0) is 14.0 Å². The van der Waals surface area contributed by atoms with Crippen LogP contribution in [0.25, 0.3) is 5.52 Å². The Morgan fingerprint density at radius 3 is 2.42 bits per heavy atom. The quantitative estimate of drug-likeness (QED) is 0.795. The van der Waals surface area contributed by atoms with Gasteiger partial charge in [0.25, 0.3) is 0 Å². The Hall–Kier alpha value is -1.37. The van der Waals surface area contributed by atoms with Crippen molar-refractivity contribution in [1.82, 2.24) is 9.61 Å². The van der Waals surface area contributed by atoms with Gasteiger partial charge in [0.1, 0.15) is 0 Å². The van der Waals surface area contributed by atoms with Crippen LogP contribution in [-0.4, -0.2) is 41.1 Å². The molecule has 2 fully saturated rings. The lowest BCUT2D eigenvalue weighted by Crippen LogP contribution is -2.41. The third kappa shape index (κ3) is 2.67. The number of pyridine rings is 1. The van der Waals surface area contributed by atoms with E-state index in [0.717, 1.165) is 42.7 Å². The molecule has 4 heterocycles. The number of hydrogen-bond donors (Lipinski definition) is 0. The Balaban J connectivity index is 1.62. The Kier molecular flexibility index (Phi) is 3.75. The number of hydrogen-bond acceptors (Lipinski definition) is 4. The van der Waals surface area contributed by atoms with Crippen LogP contribution >= 0.6 is 0 Å². The van der Waals surface area contributed by atoms with Gasteiger partial charge in [0.2, 0.25) is 0 Å². The maximum absolute atomic E-state index is 6.15. The number of rotatable bonds is 2. The Morgan fingerprint density at radius 2 is 1.75 bits per heavy atom. The predicted molar refractivity (Wildman–Crippen MR) is 93.7 cm³/mol. The third-order valence-electron chi connectivity index (χ3n) is 5.67. The molecule has 0 aliphatic carbocycles. The first-order valence-electron chi connectivity index (χ1n) is 8.78. The second-order valence-electron chi connectivity index (χ2n) is 7.87.